The summed E-state index contributed by atoms with van der Waals surface area (Å²) in [7, 11) is 2.65. The number of amides is 4. The number of carbonyl (C=O) groups is 7. The van der Waals surface area contributed by atoms with Crippen LogP contribution < -0.4 is 16.4 Å². The van der Waals surface area contributed by atoms with Crippen molar-refractivity contribution >= 4 is 53.5 Å². The lowest BCUT2D eigenvalue weighted by Gasteiger charge is -2.25. The van der Waals surface area contributed by atoms with E-state index in [0.29, 0.717) is 35.3 Å². The second kappa shape index (κ2) is 21.3. The normalized spacial score (nSPS) is 14.3. The van der Waals surface area contributed by atoms with E-state index >= 15 is 0 Å². The van der Waals surface area contributed by atoms with E-state index in [1.165, 1.54) is 14.2 Å². The molecule has 2 aromatic rings. The molecule has 0 spiro atoms. The first kappa shape index (κ1) is 47.4. The first-order valence-electron chi connectivity index (χ1n) is 17.6. The first-order chi connectivity index (χ1) is 25.4. The molecule has 304 valence electrons. The molecule has 1 fully saturated rings. The summed E-state index contributed by atoms with van der Waals surface area (Å²) >= 11 is 0. The van der Waals surface area contributed by atoms with Crippen LogP contribution >= 0.6 is 0 Å². The average molecular weight is 773 g/mol. The first-order valence-corrected chi connectivity index (χ1v) is 17.6. The lowest BCUT2D eigenvalue weighted by atomic mass is 10.0. The highest BCUT2D eigenvalue weighted by Crippen LogP contribution is 2.23. The number of nitrogens with zero attached hydrogens (tertiary/aromatic N) is 1. The van der Waals surface area contributed by atoms with Gasteiger partial charge in [-0.05, 0) is 115 Å². The SMILES string of the molecule is CC(C)C[C@H]1C(=O)OC(=O)N1C(=O)OC(C)(C)C.COC(=O)c1ccc(N)cc1.COC(=O)c1ccc(NC(=O)[C@H](CC(C)C)NC(=O)OC(C)(C)C)cc1. The molecule has 0 saturated carbocycles. The number of hydrogen-bond acceptors (Lipinski definition) is 13. The fourth-order valence-corrected chi connectivity index (χ4v) is 4.52. The molecule has 1 heterocycles. The van der Waals surface area contributed by atoms with Crippen molar-refractivity contribution in [1.29, 1.82) is 0 Å². The monoisotopic (exact) mass is 772 g/mol. The van der Waals surface area contributed by atoms with Crippen LogP contribution in [-0.4, -0.2) is 84.5 Å². The zero-order chi connectivity index (χ0) is 42.3. The van der Waals surface area contributed by atoms with Gasteiger partial charge in [0, 0.05) is 11.4 Å². The minimum atomic E-state index is -0.958. The van der Waals surface area contributed by atoms with Gasteiger partial charge in [-0.1, -0.05) is 27.7 Å². The van der Waals surface area contributed by atoms with Gasteiger partial charge in [-0.15, -0.1) is 0 Å². The molecular formula is C39H56N4O12. The van der Waals surface area contributed by atoms with E-state index in [2.05, 4.69) is 24.8 Å². The van der Waals surface area contributed by atoms with Crippen LogP contribution in [0.15, 0.2) is 48.5 Å². The number of anilines is 2. The van der Waals surface area contributed by atoms with Gasteiger partial charge in [0.05, 0.1) is 25.3 Å². The van der Waals surface area contributed by atoms with Gasteiger partial charge in [-0.25, -0.2) is 28.8 Å². The summed E-state index contributed by atoms with van der Waals surface area (Å²) in [6, 6.07) is 11.3. The number of alkyl carbamates (subject to hydrolysis) is 1. The quantitative estimate of drug-likeness (QED) is 0.104. The maximum atomic E-state index is 12.6. The Morgan fingerprint density at radius 1 is 0.764 bits per heavy atom. The predicted molar refractivity (Wildman–Crippen MR) is 204 cm³/mol. The van der Waals surface area contributed by atoms with Crippen molar-refractivity contribution in [3.63, 3.8) is 0 Å². The molecule has 0 bridgehead atoms. The Labute approximate surface area is 322 Å². The van der Waals surface area contributed by atoms with E-state index < -0.39 is 53.5 Å². The third-order valence-corrected chi connectivity index (χ3v) is 6.87. The van der Waals surface area contributed by atoms with E-state index in [0.717, 1.165) is 4.90 Å². The number of ether oxygens (including phenoxy) is 5. The number of hydrogen-bond donors (Lipinski definition) is 3. The molecular weight excluding hydrogens is 716 g/mol. The number of nitrogens with one attached hydrogen (secondary N) is 2. The summed E-state index contributed by atoms with van der Waals surface area (Å²) < 4.78 is 23.9. The van der Waals surface area contributed by atoms with Gasteiger partial charge in [0.1, 0.15) is 23.3 Å². The average Bonchev–Trinajstić information content (AvgIpc) is 3.34. The molecule has 1 aliphatic rings. The van der Waals surface area contributed by atoms with Crippen LogP contribution in [-0.2, 0) is 33.3 Å². The van der Waals surface area contributed by atoms with Crippen LogP contribution in [0, 0.1) is 11.8 Å². The van der Waals surface area contributed by atoms with Crippen LogP contribution in [0.5, 0.6) is 0 Å². The van der Waals surface area contributed by atoms with E-state index in [-0.39, 0.29) is 23.7 Å². The largest absolute Gasteiger partial charge is 0.465 e. The molecule has 0 aromatic heterocycles. The molecule has 16 nitrogen and oxygen atoms in total. The number of carbonyl (C=O) groups excluding carboxylic acids is 7. The van der Waals surface area contributed by atoms with Crippen LogP contribution in [0.1, 0.15) is 103 Å². The van der Waals surface area contributed by atoms with Crippen molar-refractivity contribution in [3.8, 4) is 0 Å². The highest BCUT2D eigenvalue weighted by molar-refractivity contribution is 6.04. The van der Waals surface area contributed by atoms with Gasteiger partial charge >= 0.3 is 36.2 Å². The topological polar surface area (TPSA) is 219 Å². The lowest BCUT2D eigenvalue weighted by molar-refractivity contribution is -0.136. The summed E-state index contributed by atoms with van der Waals surface area (Å²) in [6.45, 7) is 18.0. The fraction of sp³-hybridized carbons (Fsp3) is 0.513. The highest BCUT2D eigenvalue weighted by atomic mass is 16.6. The Hall–Kier alpha value is -5.67. The van der Waals surface area contributed by atoms with Gasteiger partial charge in [0.15, 0.2) is 0 Å². The summed E-state index contributed by atoms with van der Waals surface area (Å²) in [5.41, 5.74) is 6.09. The Morgan fingerprint density at radius 3 is 1.65 bits per heavy atom. The van der Waals surface area contributed by atoms with E-state index in [1.54, 1.807) is 90.1 Å². The standard InChI is InChI=1S/C19H28N2O5.C12H19NO5.C8H9NO2/c1-12(2)11-15(21-18(24)26-19(3,4)5)16(22)20-14-9-7-13(8-10-14)17(23)25-6;1-7(2)6-8-9(14)17-10(15)13(8)11(16)18-12(3,4)5;1-11-8(10)6-2-4-7(9)5-3-6/h7-10,12,15H,11H2,1-6H3,(H,20,22)(H,21,24);7-8H,6H2,1-5H3;2-5H,9H2,1H3/t15-;8-;/m00./s1. The van der Waals surface area contributed by atoms with Crippen LogP contribution in [0.4, 0.5) is 25.8 Å². The van der Waals surface area contributed by atoms with Crippen LogP contribution in [0.2, 0.25) is 0 Å². The molecule has 4 amide bonds. The zero-order valence-electron chi connectivity index (χ0n) is 33.8. The van der Waals surface area contributed by atoms with Gasteiger partial charge in [0.25, 0.3) is 0 Å². The minimum Gasteiger partial charge on any atom is -0.465 e. The number of esters is 3. The Morgan fingerprint density at radius 2 is 1.24 bits per heavy atom. The molecule has 0 radical (unpaired) electrons. The van der Waals surface area contributed by atoms with Gasteiger partial charge in [0.2, 0.25) is 5.91 Å². The molecule has 16 heteroatoms. The number of rotatable bonds is 9. The van der Waals surface area contributed by atoms with Crippen molar-refractivity contribution < 1.29 is 57.2 Å². The second-order valence-electron chi connectivity index (χ2n) is 15.2. The molecule has 2 aromatic carbocycles. The lowest BCUT2D eigenvalue weighted by Crippen LogP contribution is -2.46. The smallest absolute Gasteiger partial charge is 0.427 e. The maximum Gasteiger partial charge on any atom is 0.427 e. The van der Waals surface area contributed by atoms with Crippen molar-refractivity contribution in [2.75, 3.05) is 25.3 Å². The highest BCUT2D eigenvalue weighted by Gasteiger charge is 2.47. The number of nitrogens with two attached hydrogens (primary N) is 1. The second-order valence-corrected chi connectivity index (χ2v) is 15.2. The molecule has 55 heavy (non-hydrogen) atoms. The summed E-state index contributed by atoms with van der Waals surface area (Å²) in [4.78, 5) is 82.5. The fourth-order valence-electron chi connectivity index (χ4n) is 4.52. The van der Waals surface area contributed by atoms with Gasteiger partial charge < -0.3 is 40.1 Å². The number of nitrogen functional groups attached to an aromatic ring is 1. The van der Waals surface area contributed by atoms with E-state index in [9.17, 15) is 33.6 Å². The molecule has 1 saturated heterocycles. The molecule has 0 aliphatic carbocycles. The Bertz CT molecular complexity index is 1630. The number of imide groups is 1. The van der Waals surface area contributed by atoms with Crippen LogP contribution in [0.25, 0.3) is 0 Å². The third kappa shape index (κ3) is 17.8. The van der Waals surface area contributed by atoms with Crippen LogP contribution in [0.3, 0.4) is 0 Å². The summed E-state index contributed by atoms with van der Waals surface area (Å²) in [5, 5.41) is 5.35. The maximum absolute atomic E-state index is 12.6. The van der Waals surface area contributed by atoms with Crippen molar-refractivity contribution in [3.05, 3.63) is 59.7 Å². The number of methoxy groups -OCH3 is 2. The number of benzene rings is 2. The molecule has 4 N–H and O–H groups in total. The summed E-state index contributed by atoms with van der Waals surface area (Å²) in [6.07, 6.45) is -1.61. The number of cyclic esters (lactones) is 2. The van der Waals surface area contributed by atoms with Crippen molar-refractivity contribution in [1.82, 2.24) is 10.2 Å². The third-order valence-electron chi connectivity index (χ3n) is 6.87. The minimum absolute atomic E-state index is 0.151. The molecule has 0 unspecified atom stereocenters. The van der Waals surface area contributed by atoms with Gasteiger partial charge in [-0.2, -0.15) is 4.90 Å². The van der Waals surface area contributed by atoms with Gasteiger partial charge in [-0.3, -0.25) is 4.79 Å². The predicted octanol–water partition coefficient (Wildman–Crippen LogP) is 6.72. The van der Waals surface area contributed by atoms with E-state index in [4.69, 9.17) is 15.2 Å². The van der Waals surface area contributed by atoms with Crippen molar-refractivity contribution in [2.24, 2.45) is 11.8 Å². The molecule has 1 aliphatic heterocycles. The Kier molecular flexibility index (Phi) is 18.3. The Balaban J connectivity index is 0.000000449. The molecule has 2 atom stereocenters. The molecule has 3 rings (SSSR count). The zero-order valence-corrected chi connectivity index (χ0v) is 33.8. The summed E-state index contributed by atoms with van der Waals surface area (Å²) in [5.74, 6) is -1.49. The van der Waals surface area contributed by atoms with Crippen molar-refractivity contribution in [2.45, 2.75) is 105 Å². The van der Waals surface area contributed by atoms with E-state index in [1.807, 2.05) is 27.7 Å².